The van der Waals surface area contributed by atoms with Crippen LogP contribution in [0, 0.1) is 5.92 Å². The van der Waals surface area contributed by atoms with Crippen LogP contribution in [0.15, 0.2) is 24.3 Å². The number of hydrogen-bond donors (Lipinski definition) is 2. The van der Waals surface area contributed by atoms with Crippen LogP contribution in [0.1, 0.15) is 31.1 Å². The van der Waals surface area contributed by atoms with Crippen LogP contribution in [0.4, 0.5) is 0 Å². The van der Waals surface area contributed by atoms with Gasteiger partial charge in [-0.25, -0.2) is 0 Å². The third-order valence-corrected chi connectivity index (χ3v) is 4.02. The molecule has 0 bridgehead atoms. The highest BCUT2D eigenvalue weighted by atomic mass is 16.3. The van der Waals surface area contributed by atoms with Gasteiger partial charge in [-0.1, -0.05) is 38.1 Å². The molecule has 1 aromatic rings. The second-order valence-corrected chi connectivity index (χ2v) is 5.84. The van der Waals surface area contributed by atoms with Crippen LogP contribution in [0.25, 0.3) is 0 Å². The maximum atomic E-state index is 11.5. The second kappa shape index (κ2) is 6.37. The van der Waals surface area contributed by atoms with Crippen LogP contribution >= 0.6 is 0 Å². The first-order valence-electron chi connectivity index (χ1n) is 7.24. The number of hydrogen-bond acceptors (Lipinski definition) is 3. The molecule has 20 heavy (non-hydrogen) atoms. The van der Waals surface area contributed by atoms with Gasteiger partial charge in [-0.15, -0.1) is 0 Å². The Morgan fingerprint density at radius 2 is 2.15 bits per heavy atom. The minimum Gasteiger partial charge on any atom is -0.387 e. The minimum absolute atomic E-state index is 0.0154. The number of aliphatic hydroxyl groups excluding tert-OH is 1. The highest BCUT2D eigenvalue weighted by Gasteiger charge is 2.32. The van der Waals surface area contributed by atoms with Gasteiger partial charge >= 0.3 is 0 Å². The number of benzene rings is 1. The van der Waals surface area contributed by atoms with Gasteiger partial charge in [0, 0.05) is 25.0 Å². The average molecular weight is 276 g/mol. The number of aliphatic hydroxyl groups is 1. The van der Waals surface area contributed by atoms with Gasteiger partial charge in [0.2, 0.25) is 5.91 Å². The lowest BCUT2D eigenvalue weighted by Crippen LogP contribution is -2.41. The molecule has 0 heterocycles. The molecule has 0 spiro atoms. The number of fused-ring (bicyclic) bond motifs is 1. The lowest BCUT2D eigenvalue weighted by Gasteiger charge is -2.27. The largest absolute Gasteiger partial charge is 0.387 e. The first-order chi connectivity index (χ1) is 9.50. The number of likely N-dealkylation sites (N-methyl/N-ethyl adjacent to an activating group) is 1. The van der Waals surface area contributed by atoms with E-state index in [1.807, 2.05) is 39.1 Å². The Balaban J connectivity index is 1.86. The van der Waals surface area contributed by atoms with Crippen molar-refractivity contribution >= 4 is 5.91 Å². The van der Waals surface area contributed by atoms with Crippen molar-refractivity contribution in [3.63, 3.8) is 0 Å². The predicted octanol–water partition coefficient (Wildman–Crippen LogP) is 1.35. The van der Waals surface area contributed by atoms with Crippen molar-refractivity contribution in [2.24, 2.45) is 5.92 Å². The molecule has 2 unspecified atom stereocenters. The summed E-state index contributed by atoms with van der Waals surface area (Å²) in [7, 11) is 2.00. The van der Waals surface area contributed by atoms with Crippen molar-refractivity contribution in [2.75, 3.05) is 20.1 Å². The Morgan fingerprint density at radius 1 is 1.45 bits per heavy atom. The third kappa shape index (κ3) is 3.19. The fourth-order valence-electron chi connectivity index (χ4n) is 2.68. The van der Waals surface area contributed by atoms with Crippen molar-refractivity contribution in [3.8, 4) is 0 Å². The van der Waals surface area contributed by atoms with E-state index in [2.05, 4.69) is 16.3 Å². The van der Waals surface area contributed by atoms with E-state index in [1.54, 1.807) is 0 Å². The first kappa shape index (κ1) is 15.0. The van der Waals surface area contributed by atoms with E-state index >= 15 is 0 Å². The maximum absolute atomic E-state index is 11.5. The van der Waals surface area contributed by atoms with Gasteiger partial charge in [-0.05, 0) is 24.6 Å². The lowest BCUT2D eigenvalue weighted by atomic mass is 10.1. The first-order valence-corrected chi connectivity index (χ1v) is 7.24. The molecule has 1 amide bonds. The summed E-state index contributed by atoms with van der Waals surface area (Å²) in [5.74, 6) is 0.0929. The van der Waals surface area contributed by atoms with E-state index in [0.29, 0.717) is 6.54 Å². The number of carbonyl (C=O) groups is 1. The zero-order chi connectivity index (χ0) is 14.7. The van der Waals surface area contributed by atoms with Crippen LogP contribution in [-0.4, -0.2) is 42.1 Å². The Hall–Kier alpha value is -1.39. The molecule has 1 aromatic carbocycles. The van der Waals surface area contributed by atoms with E-state index in [4.69, 9.17) is 0 Å². The molecule has 0 aromatic heterocycles. The summed E-state index contributed by atoms with van der Waals surface area (Å²) < 4.78 is 0. The number of amides is 1. The lowest BCUT2D eigenvalue weighted by molar-refractivity contribution is -0.124. The topological polar surface area (TPSA) is 52.6 Å². The van der Waals surface area contributed by atoms with Crippen molar-refractivity contribution in [3.05, 3.63) is 35.4 Å². The van der Waals surface area contributed by atoms with Gasteiger partial charge in [0.05, 0.1) is 6.10 Å². The molecule has 4 nitrogen and oxygen atoms in total. The summed E-state index contributed by atoms with van der Waals surface area (Å²) in [5.41, 5.74) is 2.26. The summed E-state index contributed by atoms with van der Waals surface area (Å²) >= 11 is 0. The molecule has 2 N–H and O–H groups in total. The molecule has 0 saturated carbocycles. The van der Waals surface area contributed by atoms with Crippen LogP contribution < -0.4 is 5.32 Å². The highest BCUT2D eigenvalue weighted by molar-refractivity contribution is 5.77. The Labute approximate surface area is 120 Å². The molecule has 1 aliphatic rings. The van der Waals surface area contributed by atoms with Gasteiger partial charge in [-0.3, -0.25) is 9.69 Å². The van der Waals surface area contributed by atoms with Gasteiger partial charge in [-0.2, -0.15) is 0 Å². The monoisotopic (exact) mass is 276 g/mol. The molecule has 110 valence electrons. The molecule has 4 heteroatoms. The number of nitrogens with zero attached hydrogens (tertiary/aromatic N) is 1. The predicted molar refractivity (Wildman–Crippen MR) is 79.4 cm³/mol. The fraction of sp³-hybridized carbons (Fsp3) is 0.562. The van der Waals surface area contributed by atoms with E-state index < -0.39 is 6.10 Å². The quantitative estimate of drug-likeness (QED) is 0.853. The van der Waals surface area contributed by atoms with Gasteiger partial charge in [0.1, 0.15) is 0 Å². The minimum atomic E-state index is -0.433. The van der Waals surface area contributed by atoms with Crippen molar-refractivity contribution in [1.29, 1.82) is 0 Å². The number of carbonyl (C=O) groups excluding carboxylic acids is 1. The standard InChI is InChI=1S/C16H24N2O2/c1-11(2)16(20)17-8-9-18(3)14-10-12-6-4-5-7-13(12)15(14)19/h4-7,11,14-15,19H,8-10H2,1-3H3,(H,17,20). The van der Waals surface area contributed by atoms with E-state index in [-0.39, 0.29) is 17.9 Å². The molecule has 2 rings (SSSR count). The number of nitrogens with one attached hydrogen (secondary N) is 1. The molecule has 2 atom stereocenters. The normalized spacial score (nSPS) is 21.3. The average Bonchev–Trinajstić information content (AvgIpc) is 2.76. The molecule has 0 aliphatic heterocycles. The molecule has 0 fully saturated rings. The van der Waals surface area contributed by atoms with Gasteiger partial charge in [0.15, 0.2) is 0 Å². The molecule has 0 radical (unpaired) electrons. The van der Waals surface area contributed by atoms with Crippen LogP contribution in [0.2, 0.25) is 0 Å². The summed E-state index contributed by atoms with van der Waals surface area (Å²) in [6.07, 6.45) is 0.434. The molecular weight excluding hydrogens is 252 g/mol. The Kier molecular flexibility index (Phi) is 4.78. The van der Waals surface area contributed by atoms with E-state index in [0.717, 1.165) is 18.5 Å². The maximum Gasteiger partial charge on any atom is 0.222 e. The van der Waals surface area contributed by atoms with Crippen LogP contribution in [-0.2, 0) is 11.2 Å². The zero-order valence-corrected chi connectivity index (χ0v) is 12.5. The van der Waals surface area contributed by atoms with Crippen molar-refractivity contribution < 1.29 is 9.90 Å². The highest BCUT2D eigenvalue weighted by Crippen LogP contribution is 2.33. The molecule has 1 aliphatic carbocycles. The SMILES string of the molecule is CC(C)C(=O)NCCN(C)C1Cc2ccccc2C1O. The van der Waals surface area contributed by atoms with Gasteiger partial charge in [0.25, 0.3) is 0 Å². The second-order valence-electron chi connectivity index (χ2n) is 5.84. The molecular formula is C16H24N2O2. The van der Waals surface area contributed by atoms with Gasteiger partial charge < -0.3 is 10.4 Å². The smallest absolute Gasteiger partial charge is 0.222 e. The van der Waals surface area contributed by atoms with Crippen LogP contribution in [0.3, 0.4) is 0 Å². The third-order valence-electron chi connectivity index (χ3n) is 4.02. The Morgan fingerprint density at radius 3 is 2.80 bits per heavy atom. The molecule has 0 saturated heterocycles. The number of rotatable bonds is 5. The van der Waals surface area contributed by atoms with E-state index in [9.17, 15) is 9.90 Å². The summed E-state index contributed by atoms with van der Waals surface area (Å²) in [6.45, 7) is 5.13. The van der Waals surface area contributed by atoms with Crippen LogP contribution in [0.5, 0.6) is 0 Å². The van der Waals surface area contributed by atoms with Crippen molar-refractivity contribution in [2.45, 2.75) is 32.4 Å². The zero-order valence-electron chi connectivity index (χ0n) is 12.5. The van der Waals surface area contributed by atoms with E-state index in [1.165, 1.54) is 5.56 Å². The fourth-order valence-corrected chi connectivity index (χ4v) is 2.68. The van der Waals surface area contributed by atoms with Crippen molar-refractivity contribution in [1.82, 2.24) is 10.2 Å². The summed E-state index contributed by atoms with van der Waals surface area (Å²) in [5, 5.41) is 13.3. The summed E-state index contributed by atoms with van der Waals surface area (Å²) in [6, 6.07) is 8.15. The Bertz CT molecular complexity index is 473. The summed E-state index contributed by atoms with van der Waals surface area (Å²) in [4.78, 5) is 13.6.